The summed E-state index contributed by atoms with van der Waals surface area (Å²) in [5.41, 5.74) is 0.395. The van der Waals surface area contributed by atoms with Crippen LogP contribution in [0.3, 0.4) is 0 Å². The van der Waals surface area contributed by atoms with Crippen molar-refractivity contribution < 1.29 is 22.8 Å². The molecule has 4 rings (SSSR count). The Morgan fingerprint density at radius 1 is 1.00 bits per heavy atom. The molecule has 2 amide bonds. The lowest BCUT2D eigenvalue weighted by Gasteiger charge is -2.44. The van der Waals surface area contributed by atoms with Crippen molar-refractivity contribution in [3.63, 3.8) is 0 Å². The van der Waals surface area contributed by atoms with Crippen LogP contribution in [-0.2, 0) is 22.3 Å². The van der Waals surface area contributed by atoms with Gasteiger partial charge in [-0.25, -0.2) is 0 Å². The van der Waals surface area contributed by atoms with Crippen LogP contribution in [0.4, 0.5) is 13.2 Å². The molecule has 1 aromatic heterocycles. The maximum Gasteiger partial charge on any atom is 0.416 e. The van der Waals surface area contributed by atoms with Crippen LogP contribution in [-0.4, -0.2) is 39.2 Å². The van der Waals surface area contributed by atoms with Gasteiger partial charge >= 0.3 is 6.18 Å². The fourth-order valence-electron chi connectivity index (χ4n) is 4.49. The molecule has 0 N–H and O–H groups in total. The summed E-state index contributed by atoms with van der Waals surface area (Å²) in [4.78, 5) is 33.9. The SMILES string of the molecule is O=C1[C@H](c2cccnc2)N(Cc2ccc(C(F)(F)F)cc2)C(=O)CN1C1CCCCC1. The molecule has 1 atom stereocenters. The molecule has 31 heavy (non-hydrogen) atoms. The number of piperazine rings is 1. The molecule has 1 aromatic carbocycles. The number of halogens is 3. The molecule has 1 aliphatic heterocycles. The van der Waals surface area contributed by atoms with Crippen molar-refractivity contribution in [2.75, 3.05) is 6.54 Å². The van der Waals surface area contributed by atoms with Crippen molar-refractivity contribution in [1.82, 2.24) is 14.8 Å². The number of benzene rings is 1. The second-order valence-corrected chi connectivity index (χ2v) is 8.16. The summed E-state index contributed by atoms with van der Waals surface area (Å²) in [7, 11) is 0. The average Bonchev–Trinajstić information content (AvgIpc) is 2.77. The molecular weight excluding hydrogens is 407 g/mol. The summed E-state index contributed by atoms with van der Waals surface area (Å²) < 4.78 is 38.6. The van der Waals surface area contributed by atoms with Gasteiger partial charge in [0.25, 0.3) is 5.91 Å². The van der Waals surface area contributed by atoms with Crippen molar-refractivity contribution in [1.29, 1.82) is 0 Å². The molecule has 1 saturated heterocycles. The minimum absolute atomic E-state index is 0.000890. The molecular formula is C23H24F3N3O2. The van der Waals surface area contributed by atoms with Gasteiger partial charge in [0.1, 0.15) is 12.6 Å². The zero-order chi connectivity index (χ0) is 22.0. The van der Waals surface area contributed by atoms with Gasteiger partial charge in [-0.15, -0.1) is 0 Å². The predicted molar refractivity (Wildman–Crippen MR) is 108 cm³/mol. The first-order chi connectivity index (χ1) is 14.8. The fraction of sp³-hybridized carbons (Fsp3) is 0.435. The Hall–Kier alpha value is -2.90. The van der Waals surface area contributed by atoms with Crippen molar-refractivity contribution in [3.05, 3.63) is 65.5 Å². The van der Waals surface area contributed by atoms with E-state index in [9.17, 15) is 22.8 Å². The predicted octanol–water partition coefficient (Wildman–Crippen LogP) is 4.35. The lowest BCUT2D eigenvalue weighted by molar-refractivity contribution is -0.160. The monoisotopic (exact) mass is 431 g/mol. The Morgan fingerprint density at radius 3 is 2.32 bits per heavy atom. The molecule has 2 aromatic rings. The lowest BCUT2D eigenvalue weighted by atomic mass is 9.91. The summed E-state index contributed by atoms with van der Waals surface area (Å²) in [6.45, 7) is 0.0572. The summed E-state index contributed by atoms with van der Waals surface area (Å²) in [6, 6.07) is 7.40. The van der Waals surface area contributed by atoms with E-state index in [0.29, 0.717) is 11.1 Å². The highest BCUT2D eigenvalue weighted by Gasteiger charge is 2.43. The molecule has 1 aliphatic carbocycles. The highest BCUT2D eigenvalue weighted by Crippen LogP contribution is 2.34. The van der Waals surface area contributed by atoms with E-state index >= 15 is 0 Å². The minimum atomic E-state index is -4.42. The first kappa shape index (κ1) is 21.3. The molecule has 2 fully saturated rings. The lowest BCUT2D eigenvalue weighted by Crippen LogP contribution is -2.58. The van der Waals surface area contributed by atoms with Crippen LogP contribution in [0.15, 0.2) is 48.8 Å². The first-order valence-corrected chi connectivity index (χ1v) is 10.5. The Kier molecular flexibility index (Phi) is 5.98. The molecule has 0 unspecified atom stereocenters. The van der Waals surface area contributed by atoms with Gasteiger partial charge in [-0.05, 0) is 36.6 Å². The van der Waals surface area contributed by atoms with Crippen LogP contribution >= 0.6 is 0 Å². The third-order valence-corrected chi connectivity index (χ3v) is 6.10. The largest absolute Gasteiger partial charge is 0.416 e. The maximum absolute atomic E-state index is 13.5. The summed E-state index contributed by atoms with van der Waals surface area (Å²) in [5, 5.41) is 0. The first-order valence-electron chi connectivity index (χ1n) is 10.5. The maximum atomic E-state index is 13.5. The molecule has 0 radical (unpaired) electrons. The second-order valence-electron chi connectivity index (χ2n) is 8.16. The van der Waals surface area contributed by atoms with Crippen molar-refractivity contribution >= 4 is 11.8 Å². The van der Waals surface area contributed by atoms with Crippen LogP contribution in [0.2, 0.25) is 0 Å². The number of carbonyl (C=O) groups is 2. The number of alkyl halides is 3. The number of hydrogen-bond donors (Lipinski definition) is 0. The average molecular weight is 431 g/mol. The molecule has 164 valence electrons. The van der Waals surface area contributed by atoms with E-state index in [2.05, 4.69) is 4.98 Å². The smallest absolute Gasteiger partial charge is 0.328 e. The van der Waals surface area contributed by atoms with Crippen LogP contribution in [0.1, 0.15) is 54.8 Å². The van der Waals surface area contributed by atoms with Gasteiger partial charge in [-0.2, -0.15) is 13.2 Å². The Morgan fingerprint density at radius 2 is 1.71 bits per heavy atom. The fourth-order valence-corrected chi connectivity index (χ4v) is 4.49. The Bertz CT molecular complexity index is 925. The van der Waals surface area contributed by atoms with Gasteiger partial charge in [-0.1, -0.05) is 37.5 Å². The highest BCUT2D eigenvalue weighted by molar-refractivity contribution is 5.95. The van der Waals surface area contributed by atoms with E-state index in [4.69, 9.17) is 0 Å². The van der Waals surface area contributed by atoms with E-state index < -0.39 is 17.8 Å². The van der Waals surface area contributed by atoms with Gasteiger partial charge < -0.3 is 9.80 Å². The van der Waals surface area contributed by atoms with E-state index in [1.54, 1.807) is 29.4 Å². The Labute approximate surface area is 178 Å². The minimum Gasteiger partial charge on any atom is -0.328 e. The van der Waals surface area contributed by atoms with Crippen molar-refractivity contribution in [2.45, 2.75) is 56.9 Å². The topological polar surface area (TPSA) is 53.5 Å². The van der Waals surface area contributed by atoms with Crippen LogP contribution in [0, 0.1) is 0 Å². The standard InChI is InChI=1S/C23H24F3N3O2/c24-23(25,26)18-10-8-16(9-11-18)14-29-20(30)15-28(19-6-2-1-3-7-19)22(31)21(29)17-5-4-12-27-13-17/h4-5,8-13,19,21H,1-3,6-7,14-15H2/t21-/m0/s1. The molecule has 8 heteroatoms. The number of amides is 2. The van der Waals surface area contributed by atoms with Crippen LogP contribution in [0.5, 0.6) is 0 Å². The van der Waals surface area contributed by atoms with Crippen molar-refractivity contribution in [3.8, 4) is 0 Å². The number of pyridine rings is 1. The van der Waals surface area contributed by atoms with Gasteiger partial charge in [0.15, 0.2) is 0 Å². The normalized spacial score (nSPS) is 20.9. The van der Waals surface area contributed by atoms with Gasteiger partial charge in [0, 0.05) is 30.5 Å². The third-order valence-electron chi connectivity index (χ3n) is 6.10. The number of carbonyl (C=O) groups excluding carboxylic acids is 2. The van der Waals surface area contributed by atoms with E-state index in [1.807, 2.05) is 0 Å². The van der Waals surface area contributed by atoms with E-state index in [0.717, 1.165) is 44.2 Å². The van der Waals surface area contributed by atoms with Crippen LogP contribution < -0.4 is 0 Å². The highest BCUT2D eigenvalue weighted by atomic mass is 19.4. The molecule has 5 nitrogen and oxygen atoms in total. The number of rotatable bonds is 4. The van der Waals surface area contributed by atoms with Gasteiger partial charge in [0.05, 0.1) is 5.56 Å². The summed E-state index contributed by atoms with van der Waals surface area (Å²) in [5.74, 6) is -0.356. The third kappa shape index (κ3) is 4.57. The summed E-state index contributed by atoms with van der Waals surface area (Å²) in [6.07, 6.45) is 3.73. The second kappa shape index (κ2) is 8.69. The van der Waals surface area contributed by atoms with Gasteiger partial charge in [-0.3, -0.25) is 14.6 Å². The Balaban J connectivity index is 1.62. The molecule has 2 heterocycles. The molecule has 0 bridgehead atoms. The van der Waals surface area contributed by atoms with Crippen LogP contribution in [0.25, 0.3) is 0 Å². The quantitative estimate of drug-likeness (QED) is 0.724. The van der Waals surface area contributed by atoms with Crippen molar-refractivity contribution in [2.24, 2.45) is 0 Å². The number of nitrogens with zero attached hydrogens (tertiary/aromatic N) is 3. The van der Waals surface area contributed by atoms with E-state index in [-0.39, 0.29) is 30.9 Å². The molecule has 0 spiro atoms. The molecule has 2 aliphatic rings. The van der Waals surface area contributed by atoms with E-state index in [1.165, 1.54) is 17.0 Å². The number of hydrogen-bond acceptors (Lipinski definition) is 3. The number of aromatic nitrogens is 1. The van der Waals surface area contributed by atoms with Gasteiger partial charge in [0.2, 0.25) is 5.91 Å². The zero-order valence-corrected chi connectivity index (χ0v) is 17.0. The summed E-state index contributed by atoms with van der Waals surface area (Å²) >= 11 is 0. The molecule has 1 saturated carbocycles. The zero-order valence-electron chi connectivity index (χ0n) is 17.0.